The number of nitrogens with zero attached hydrogens (tertiary/aromatic N) is 1. The van der Waals surface area contributed by atoms with Gasteiger partial charge >= 0.3 is 0 Å². The number of benzene rings is 2. The molecule has 4 N–H and O–H groups in total. The van der Waals surface area contributed by atoms with Crippen molar-refractivity contribution in [3.8, 4) is 11.3 Å². The first-order valence-corrected chi connectivity index (χ1v) is 8.40. The van der Waals surface area contributed by atoms with Gasteiger partial charge in [-0.2, -0.15) is 7.11 Å². The van der Waals surface area contributed by atoms with Crippen LogP contribution in [0.1, 0.15) is 11.3 Å². The van der Waals surface area contributed by atoms with Crippen molar-refractivity contribution in [1.29, 1.82) is 0 Å². The second-order valence-electron chi connectivity index (χ2n) is 5.20. The maximum Gasteiger partial charge on any atom is 0.169 e. The van der Waals surface area contributed by atoms with Gasteiger partial charge in [0.05, 0.1) is 16.6 Å². The maximum absolute atomic E-state index is 8.25. The Bertz CT molecular complexity index is 911. The molecule has 5 nitrogen and oxygen atoms in total. The molecule has 144 valence electrons. The zero-order valence-electron chi connectivity index (χ0n) is 14.5. The molecule has 0 bridgehead atoms. The molecule has 1 aromatic heterocycles. The van der Waals surface area contributed by atoms with E-state index in [4.69, 9.17) is 44.2 Å². The first kappa shape index (κ1) is 22.9. The summed E-state index contributed by atoms with van der Waals surface area (Å²) in [6.45, 7) is 0.381. The smallest absolute Gasteiger partial charge is 0.169 e. The van der Waals surface area contributed by atoms with Crippen molar-refractivity contribution in [3.63, 3.8) is 0 Å². The number of furan rings is 1. The average Bonchev–Trinajstić information content (AvgIpc) is 3.14. The van der Waals surface area contributed by atoms with Crippen molar-refractivity contribution >= 4 is 47.1 Å². The minimum absolute atomic E-state index is 0. The van der Waals surface area contributed by atoms with E-state index in [0.29, 0.717) is 39.6 Å². The molecular weight excluding hydrogens is 409 g/mol. The van der Waals surface area contributed by atoms with E-state index >= 15 is 0 Å². The summed E-state index contributed by atoms with van der Waals surface area (Å²) in [6, 6.07) is 16.4. The molecule has 2 aromatic carbocycles. The molecule has 3 aromatic rings. The fourth-order valence-electron chi connectivity index (χ4n) is 2.23. The van der Waals surface area contributed by atoms with E-state index in [2.05, 4.69) is 4.99 Å². The quantitative estimate of drug-likeness (QED) is 0.371. The van der Waals surface area contributed by atoms with Crippen molar-refractivity contribution in [3.05, 3.63) is 76.0 Å². The number of halogens is 3. The summed E-state index contributed by atoms with van der Waals surface area (Å²) in [5, 5.41) is 9.25. The van der Waals surface area contributed by atoms with Gasteiger partial charge in [0.2, 0.25) is 0 Å². The highest BCUT2D eigenvalue weighted by molar-refractivity contribution is 6.42. The van der Waals surface area contributed by atoms with E-state index in [1.165, 1.54) is 0 Å². The molecule has 27 heavy (non-hydrogen) atoms. The van der Waals surface area contributed by atoms with Crippen LogP contribution in [-0.4, -0.2) is 12.9 Å². The number of nitrogen functional groups attached to an aromatic ring is 1. The third kappa shape index (κ3) is 5.91. The Kier molecular flexibility index (Phi) is 9.18. The van der Waals surface area contributed by atoms with Gasteiger partial charge < -0.3 is 21.0 Å². The summed E-state index contributed by atoms with van der Waals surface area (Å²) in [7, 11) is 0.750. The average molecular weight is 428 g/mol. The molecule has 3 rings (SSSR count). The van der Waals surface area contributed by atoms with E-state index in [1.807, 2.05) is 36.4 Å². The van der Waals surface area contributed by atoms with Crippen LogP contribution in [0.5, 0.6) is 0 Å². The normalized spacial score (nSPS) is 10.6. The highest BCUT2D eigenvalue weighted by atomic mass is 35.5. The van der Waals surface area contributed by atoms with E-state index in [1.54, 1.807) is 18.2 Å². The molecule has 0 radical (unpaired) electrons. The highest BCUT2D eigenvalue weighted by Crippen LogP contribution is 2.27. The topological polar surface area (TPSA) is 101 Å². The molecular formula is C19H19Cl3N3O2-. The van der Waals surface area contributed by atoms with Gasteiger partial charge in [-0.1, -0.05) is 41.4 Å². The molecule has 0 aliphatic carbocycles. The predicted molar refractivity (Wildman–Crippen MR) is 113 cm³/mol. The number of rotatable bonds is 4. The van der Waals surface area contributed by atoms with Gasteiger partial charge in [0.25, 0.3) is 0 Å². The van der Waals surface area contributed by atoms with E-state index in [9.17, 15) is 0 Å². The summed E-state index contributed by atoms with van der Waals surface area (Å²) < 4.78 is 5.76. The number of hydrogen-bond donors (Lipinski definition) is 2. The van der Waals surface area contributed by atoms with Gasteiger partial charge in [-0.15, -0.1) is 12.4 Å². The summed E-state index contributed by atoms with van der Waals surface area (Å²) >= 11 is 11.9. The number of nitrogens with two attached hydrogens (primary N) is 2. The SMILES string of the molecule is C[O-].Cl.NC(=NCc1ccc(Cl)c(Cl)c1)c1ccc(-c2ccccc2N)o1. The molecule has 0 saturated carbocycles. The van der Waals surface area contributed by atoms with Gasteiger partial charge in [0, 0.05) is 11.3 Å². The number of anilines is 1. The van der Waals surface area contributed by atoms with Crippen LogP contribution >= 0.6 is 35.6 Å². The van der Waals surface area contributed by atoms with Crippen LogP contribution in [0.3, 0.4) is 0 Å². The second-order valence-corrected chi connectivity index (χ2v) is 6.02. The third-order valence-corrected chi connectivity index (χ3v) is 4.24. The largest absolute Gasteiger partial charge is 0.857 e. The van der Waals surface area contributed by atoms with Gasteiger partial charge in [0.15, 0.2) is 11.6 Å². The zero-order valence-corrected chi connectivity index (χ0v) is 16.8. The minimum Gasteiger partial charge on any atom is -0.857 e. The van der Waals surface area contributed by atoms with Crippen LogP contribution in [-0.2, 0) is 6.54 Å². The van der Waals surface area contributed by atoms with Crippen molar-refractivity contribution in [1.82, 2.24) is 0 Å². The lowest BCUT2D eigenvalue weighted by molar-refractivity contribution is -0.325. The predicted octanol–water partition coefficient (Wildman–Crippen LogP) is 4.14. The Balaban J connectivity index is 0.00000118. The molecule has 0 fully saturated rings. The van der Waals surface area contributed by atoms with Crippen LogP contribution < -0.4 is 16.6 Å². The van der Waals surface area contributed by atoms with Gasteiger partial charge in [-0.3, -0.25) is 4.99 Å². The van der Waals surface area contributed by atoms with Crippen molar-refractivity contribution in [2.75, 3.05) is 12.8 Å². The molecule has 0 aliphatic rings. The number of amidine groups is 1. The molecule has 0 atom stereocenters. The molecule has 8 heteroatoms. The van der Waals surface area contributed by atoms with Crippen molar-refractivity contribution in [2.24, 2.45) is 10.7 Å². The van der Waals surface area contributed by atoms with Gasteiger partial charge in [-0.05, 0) is 42.0 Å². The summed E-state index contributed by atoms with van der Waals surface area (Å²) in [5.74, 6) is 1.45. The number of para-hydroxylation sites is 1. The third-order valence-electron chi connectivity index (χ3n) is 3.50. The van der Waals surface area contributed by atoms with Crippen LogP contribution in [0.2, 0.25) is 10.0 Å². The van der Waals surface area contributed by atoms with Crippen LogP contribution in [0.15, 0.2) is 64.0 Å². The van der Waals surface area contributed by atoms with Gasteiger partial charge in [0.1, 0.15) is 5.76 Å². The van der Waals surface area contributed by atoms with E-state index in [0.717, 1.165) is 18.2 Å². The van der Waals surface area contributed by atoms with Crippen LogP contribution in [0.4, 0.5) is 5.69 Å². The summed E-state index contributed by atoms with van der Waals surface area (Å²) in [4.78, 5) is 4.33. The lowest BCUT2D eigenvalue weighted by Crippen LogP contribution is -2.12. The lowest BCUT2D eigenvalue weighted by atomic mass is 10.1. The zero-order chi connectivity index (χ0) is 19.1. The molecule has 0 spiro atoms. The van der Waals surface area contributed by atoms with Crippen LogP contribution in [0.25, 0.3) is 11.3 Å². The van der Waals surface area contributed by atoms with Crippen molar-refractivity contribution in [2.45, 2.75) is 6.54 Å². The van der Waals surface area contributed by atoms with E-state index in [-0.39, 0.29) is 12.4 Å². The maximum atomic E-state index is 8.25. The number of hydrogen-bond acceptors (Lipinski definition) is 4. The fraction of sp³-hybridized carbons (Fsp3) is 0.105. The molecule has 0 amide bonds. The molecule has 1 heterocycles. The standard InChI is InChI=1S/C18H15Cl2N3O.CH3O.ClH/c19-13-6-5-11(9-14(13)20)10-23-18(22)17-8-7-16(24-17)12-3-1-2-4-15(12)21;1-2;/h1-9H,10,21H2,(H2,22,23);1H3;1H/q;-1;. The summed E-state index contributed by atoms with van der Waals surface area (Å²) in [6.07, 6.45) is 0. The lowest BCUT2D eigenvalue weighted by Gasteiger charge is -2.02. The number of aliphatic imine (C=N–C) groups is 1. The Labute approximate surface area is 174 Å². The van der Waals surface area contributed by atoms with Crippen LogP contribution in [0, 0.1) is 0 Å². The first-order chi connectivity index (χ1) is 12.5. The van der Waals surface area contributed by atoms with Crippen molar-refractivity contribution < 1.29 is 9.52 Å². The monoisotopic (exact) mass is 426 g/mol. The molecule has 0 saturated heterocycles. The molecule has 0 unspecified atom stereocenters. The highest BCUT2D eigenvalue weighted by Gasteiger charge is 2.10. The molecule has 0 aliphatic heterocycles. The Hall–Kier alpha value is -2.18. The Morgan fingerprint density at radius 1 is 1.04 bits per heavy atom. The van der Waals surface area contributed by atoms with E-state index < -0.39 is 0 Å². The second kappa shape index (κ2) is 10.8. The van der Waals surface area contributed by atoms with Gasteiger partial charge in [-0.25, -0.2) is 0 Å². The minimum atomic E-state index is 0. The Morgan fingerprint density at radius 3 is 2.41 bits per heavy atom. The first-order valence-electron chi connectivity index (χ1n) is 7.64. The summed E-state index contributed by atoms with van der Waals surface area (Å²) in [5.41, 5.74) is 14.3. The Morgan fingerprint density at radius 2 is 1.74 bits per heavy atom. The fourth-order valence-corrected chi connectivity index (χ4v) is 2.55.